The predicted molar refractivity (Wildman–Crippen MR) is 133 cm³/mol. The Morgan fingerprint density at radius 1 is 0.912 bits per heavy atom. The highest BCUT2D eigenvalue weighted by molar-refractivity contribution is 7.25. The van der Waals surface area contributed by atoms with Crippen molar-refractivity contribution in [1.29, 1.82) is 0 Å². The number of fused-ring (bicyclic) bond motifs is 3. The molecule has 34 heavy (non-hydrogen) atoms. The number of piperazine rings is 1. The van der Waals surface area contributed by atoms with Crippen LogP contribution in [0.5, 0.6) is 0 Å². The van der Waals surface area contributed by atoms with Crippen LogP contribution < -0.4 is 9.80 Å². The zero-order valence-electron chi connectivity index (χ0n) is 18.7. The second kappa shape index (κ2) is 8.79. The Balaban J connectivity index is 1.09. The molecule has 2 saturated heterocycles. The maximum absolute atomic E-state index is 13.2. The Hall–Kier alpha value is -3.33. The van der Waals surface area contributed by atoms with Crippen molar-refractivity contribution in [3.8, 4) is 0 Å². The van der Waals surface area contributed by atoms with Gasteiger partial charge in [0.15, 0.2) is 0 Å². The Morgan fingerprint density at radius 3 is 2.44 bits per heavy atom. The number of nitrogens with zero attached hydrogens (tertiary/aromatic N) is 6. The lowest BCUT2D eigenvalue weighted by Gasteiger charge is -2.39. The second-order valence-corrected chi connectivity index (χ2v) is 9.88. The third kappa shape index (κ3) is 3.83. The van der Waals surface area contributed by atoms with Crippen molar-refractivity contribution in [2.75, 3.05) is 49.1 Å². The van der Waals surface area contributed by atoms with E-state index in [0.29, 0.717) is 13.1 Å². The number of piperidine rings is 1. The van der Waals surface area contributed by atoms with Crippen LogP contribution in [0.4, 0.5) is 15.9 Å². The molecule has 0 N–H and O–H groups in total. The van der Waals surface area contributed by atoms with Crippen LogP contribution in [0.1, 0.15) is 12.8 Å². The molecule has 0 aliphatic carbocycles. The lowest BCUT2D eigenvalue weighted by Crippen LogP contribution is -2.51. The van der Waals surface area contributed by atoms with Crippen LogP contribution in [0.25, 0.3) is 20.4 Å². The largest absolute Gasteiger partial charge is 0.368 e. The summed E-state index contributed by atoms with van der Waals surface area (Å²) >= 11 is 1.63. The second-order valence-electron chi connectivity index (χ2n) is 8.88. The van der Waals surface area contributed by atoms with E-state index in [1.165, 1.54) is 12.1 Å². The fourth-order valence-corrected chi connectivity index (χ4v) is 6.17. The van der Waals surface area contributed by atoms with Crippen molar-refractivity contribution in [2.24, 2.45) is 5.92 Å². The van der Waals surface area contributed by atoms with Gasteiger partial charge in [0.2, 0.25) is 5.91 Å². The average Bonchev–Trinajstić information content (AvgIpc) is 3.28. The van der Waals surface area contributed by atoms with Crippen molar-refractivity contribution in [1.82, 2.24) is 19.9 Å². The van der Waals surface area contributed by atoms with Crippen molar-refractivity contribution in [3.63, 3.8) is 0 Å². The first-order valence-corrected chi connectivity index (χ1v) is 12.5. The molecular weight excluding hydrogens is 451 g/mol. The summed E-state index contributed by atoms with van der Waals surface area (Å²) in [7, 11) is 0. The van der Waals surface area contributed by atoms with Crippen LogP contribution in [0.15, 0.2) is 48.9 Å². The van der Waals surface area contributed by atoms with E-state index in [4.69, 9.17) is 0 Å². The van der Waals surface area contributed by atoms with Crippen molar-refractivity contribution < 1.29 is 9.18 Å². The molecule has 1 amide bonds. The highest BCUT2D eigenvalue weighted by Gasteiger charge is 2.31. The summed E-state index contributed by atoms with van der Waals surface area (Å²) in [6, 6.07) is 10.6. The Bertz CT molecular complexity index is 1330. The first kappa shape index (κ1) is 21.2. The molecule has 0 unspecified atom stereocenters. The minimum absolute atomic E-state index is 0.0509. The van der Waals surface area contributed by atoms with Crippen molar-refractivity contribution in [2.45, 2.75) is 12.8 Å². The van der Waals surface area contributed by atoms with E-state index in [2.05, 4.69) is 30.8 Å². The Kier molecular flexibility index (Phi) is 5.49. The number of amides is 1. The van der Waals surface area contributed by atoms with Crippen LogP contribution in [-0.2, 0) is 4.79 Å². The van der Waals surface area contributed by atoms with Crippen LogP contribution in [0, 0.1) is 11.7 Å². The molecule has 6 rings (SSSR count). The fourth-order valence-electron chi connectivity index (χ4n) is 5.06. The maximum Gasteiger partial charge on any atom is 0.225 e. The number of carbonyl (C=O) groups excluding carboxylic acids is 1. The zero-order valence-corrected chi connectivity index (χ0v) is 19.5. The predicted octanol–water partition coefficient (Wildman–Crippen LogP) is 3.94. The fraction of sp³-hybridized carbons (Fsp3) is 0.360. The third-order valence-electron chi connectivity index (χ3n) is 6.94. The van der Waals surface area contributed by atoms with E-state index in [1.807, 2.05) is 11.0 Å². The molecule has 2 aliphatic heterocycles. The standard InChI is InChI=1S/C25H25FN6OS/c26-18-3-5-19(6-4-18)30-12-14-32(15-13-30)25(33)17-7-10-31(11-8-17)23-22-21(28-16-29-23)20-2-1-9-27-24(20)34-22/h1-6,9,16-17H,7-8,10-15H2. The van der Waals surface area contributed by atoms with E-state index in [0.717, 1.165) is 71.0 Å². The Labute approximate surface area is 200 Å². The van der Waals surface area contributed by atoms with Gasteiger partial charge in [-0.05, 0) is 49.2 Å². The number of thiophene rings is 1. The first-order valence-electron chi connectivity index (χ1n) is 11.7. The van der Waals surface area contributed by atoms with Gasteiger partial charge >= 0.3 is 0 Å². The van der Waals surface area contributed by atoms with E-state index in [9.17, 15) is 9.18 Å². The molecule has 2 fully saturated rings. The topological polar surface area (TPSA) is 65.5 Å². The van der Waals surface area contributed by atoms with Gasteiger partial charge in [0.05, 0.1) is 10.2 Å². The van der Waals surface area contributed by atoms with Gasteiger partial charge in [-0.3, -0.25) is 4.79 Å². The number of aromatic nitrogens is 3. The summed E-state index contributed by atoms with van der Waals surface area (Å²) in [5.41, 5.74) is 1.96. The minimum Gasteiger partial charge on any atom is -0.368 e. The van der Waals surface area contributed by atoms with E-state index < -0.39 is 0 Å². The molecule has 1 aromatic carbocycles. The smallest absolute Gasteiger partial charge is 0.225 e. The number of rotatable bonds is 3. The third-order valence-corrected chi connectivity index (χ3v) is 8.04. The lowest BCUT2D eigenvalue weighted by molar-refractivity contribution is -0.136. The number of carbonyl (C=O) groups is 1. The molecule has 4 aromatic rings. The molecule has 0 atom stereocenters. The molecule has 5 heterocycles. The summed E-state index contributed by atoms with van der Waals surface area (Å²) in [5.74, 6) is 1.04. The summed E-state index contributed by atoms with van der Waals surface area (Å²) in [4.78, 5) is 34.3. The van der Waals surface area contributed by atoms with Crippen molar-refractivity contribution in [3.05, 3.63) is 54.7 Å². The van der Waals surface area contributed by atoms with E-state index in [1.54, 1.807) is 36.0 Å². The van der Waals surface area contributed by atoms with Crippen LogP contribution >= 0.6 is 11.3 Å². The normalized spacial score (nSPS) is 17.6. The number of hydrogen-bond donors (Lipinski definition) is 0. The van der Waals surface area contributed by atoms with Gasteiger partial charge in [-0.25, -0.2) is 19.3 Å². The molecule has 0 bridgehead atoms. The number of pyridine rings is 1. The molecule has 174 valence electrons. The summed E-state index contributed by atoms with van der Waals surface area (Å²) < 4.78 is 14.3. The quantitative estimate of drug-likeness (QED) is 0.446. The molecule has 7 nitrogen and oxygen atoms in total. The molecular formula is C25H25FN6OS. The van der Waals surface area contributed by atoms with Gasteiger partial charge in [-0.15, -0.1) is 11.3 Å². The van der Waals surface area contributed by atoms with Crippen LogP contribution in [0.3, 0.4) is 0 Å². The van der Waals surface area contributed by atoms with Crippen LogP contribution in [0.2, 0.25) is 0 Å². The number of halogens is 1. The monoisotopic (exact) mass is 476 g/mol. The van der Waals surface area contributed by atoms with E-state index in [-0.39, 0.29) is 17.6 Å². The number of hydrogen-bond acceptors (Lipinski definition) is 7. The lowest BCUT2D eigenvalue weighted by atomic mass is 9.95. The number of anilines is 2. The summed E-state index contributed by atoms with van der Waals surface area (Å²) in [5, 5.41) is 1.07. The highest BCUT2D eigenvalue weighted by Crippen LogP contribution is 2.37. The van der Waals surface area contributed by atoms with Gasteiger partial charge in [-0.1, -0.05) is 0 Å². The SMILES string of the molecule is O=C(C1CCN(c2ncnc3c2sc2ncccc23)CC1)N1CCN(c2ccc(F)cc2)CC1. The maximum atomic E-state index is 13.2. The van der Waals surface area contributed by atoms with Gasteiger partial charge in [0.1, 0.15) is 22.8 Å². The molecule has 0 spiro atoms. The first-order chi connectivity index (χ1) is 16.7. The van der Waals surface area contributed by atoms with Crippen molar-refractivity contribution >= 4 is 49.2 Å². The highest BCUT2D eigenvalue weighted by atomic mass is 32.1. The van der Waals surface area contributed by atoms with Gasteiger partial charge in [0, 0.05) is 62.5 Å². The number of benzene rings is 1. The zero-order chi connectivity index (χ0) is 23.1. The average molecular weight is 477 g/mol. The van der Waals surface area contributed by atoms with E-state index >= 15 is 0 Å². The van der Waals surface area contributed by atoms with Crippen LogP contribution in [-0.4, -0.2) is 65.0 Å². The minimum atomic E-state index is -0.226. The van der Waals surface area contributed by atoms with Gasteiger partial charge < -0.3 is 14.7 Å². The molecule has 0 saturated carbocycles. The molecule has 2 aliphatic rings. The molecule has 0 radical (unpaired) electrons. The Morgan fingerprint density at radius 2 is 1.68 bits per heavy atom. The summed E-state index contributed by atoms with van der Waals surface area (Å²) in [6.45, 7) is 4.57. The molecule has 9 heteroatoms. The van der Waals surface area contributed by atoms with Gasteiger partial charge in [0.25, 0.3) is 0 Å². The molecule has 3 aromatic heterocycles. The summed E-state index contributed by atoms with van der Waals surface area (Å²) in [6.07, 6.45) is 5.09. The van der Waals surface area contributed by atoms with Gasteiger partial charge in [-0.2, -0.15) is 0 Å².